The summed E-state index contributed by atoms with van der Waals surface area (Å²) in [4.78, 5) is 25.3. The Hall–Kier alpha value is -1.30. The summed E-state index contributed by atoms with van der Waals surface area (Å²) in [5.74, 6) is -0.455. The molecule has 1 saturated heterocycles. The van der Waals surface area contributed by atoms with Crippen molar-refractivity contribution in [3.63, 3.8) is 0 Å². The molecule has 0 aromatic heterocycles. The number of amides is 1. The van der Waals surface area contributed by atoms with E-state index < -0.39 is 23.3 Å². The summed E-state index contributed by atoms with van der Waals surface area (Å²) < 4.78 is 15.7. The fraction of sp³-hybridized carbons (Fsp3) is 0.846. The van der Waals surface area contributed by atoms with Gasteiger partial charge in [-0.15, -0.1) is 0 Å². The zero-order valence-corrected chi connectivity index (χ0v) is 12.3. The summed E-state index contributed by atoms with van der Waals surface area (Å²) in [7, 11) is 0. The van der Waals surface area contributed by atoms with Gasteiger partial charge in [0.15, 0.2) is 5.60 Å². The lowest BCUT2D eigenvalue weighted by atomic mass is 10.1. The van der Waals surface area contributed by atoms with E-state index in [0.717, 1.165) is 0 Å². The highest BCUT2D eigenvalue weighted by atomic mass is 16.6. The van der Waals surface area contributed by atoms with Crippen molar-refractivity contribution >= 4 is 12.1 Å². The van der Waals surface area contributed by atoms with E-state index in [1.807, 2.05) is 0 Å². The molecule has 0 N–H and O–H groups in total. The number of hydrogen-bond acceptors (Lipinski definition) is 5. The lowest BCUT2D eigenvalue weighted by Gasteiger charge is -2.38. The quantitative estimate of drug-likeness (QED) is 0.715. The van der Waals surface area contributed by atoms with E-state index in [1.165, 1.54) is 4.90 Å². The molecule has 0 spiro atoms. The van der Waals surface area contributed by atoms with Crippen LogP contribution in [-0.4, -0.2) is 54.5 Å². The minimum atomic E-state index is -1.12. The van der Waals surface area contributed by atoms with Gasteiger partial charge in [-0.3, -0.25) is 0 Å². The first kappa shape index (κ1) is 15.8. The zero-order valence-electron chi connectivity index (χ0n) is 12.3. The van der Waals surface area contributed by atoms with Gasteiger partial charge < -0.3 is 19.1 Å². The van der Waals surface area contributed by atoms with Gasteiger partial charge in [-0.1, -0.05) is 0 Å². The van der Waals surface area contributed by atoms with Gasteiger partial charge in [-0.25, -0.2) is 9.59 Å². The summed E-state index contributed by atoms with van der Waals surface area (Å²) in [5.41, 5.74) is -1.68. The lowest BCUT2D eigenvalue weighted by Crippen LogP contribution is -2.57. The predicted octanol–water partition coefficient (Wildman–Crippen LogP) is 1.58. The van der Waals surface area contributed by atoms with Crippen LogP contribution in [-0.2, 0) is 19.0 Å². The highest BCUT2D eigenvalue weighted by molar-refractivity contribution is 5.80. The summed E-state index contributed by atoms with van der Waals surface area (Å²) in [6, 6.07) is 0. The maximum Gasteiger partial charge on any atom is 0.410 e. The largest absolute Gasteiger partial charge is 0.464 e. The molecule has 1 aliphatic heterocycles. The first-order chi connectivity index (χ1) is 8.68. The molecule has 6 heteroatoms. The normalized spacial score (nSPS) is 23.9. The van der Waals surface area contributed by atoms with Crippen LogP contribution in [0.15, 0.2) is 0 Å². The molecule has 1 heterocycles. The smallest absolute Gasteiger partial charge is 0.410 e. The molecule has 0 aromatic rings. The molecule has 1 fully saturated rings. The molecule has 1 rings (SSSR count). The van der Waals surface area contributed by atoms with Crippen molar-refractivity contribution in [2.75, 3.05) is 26.3 Å². The van der Waals surface area contributed by atoms with E-state index in [-0.39, 0.29) is 19.8 Å². The Labute approximate surface area is 114 Å². The van der Waals surface area contributed by atoms with Gasteiger partial charge >= 0.3 is 12.1 Å². The van der Waals surface area contributed by atoms with Crippen molar-refractivity contribution in [1.29, 1.82) is 0 Å². The van der Waals surface area contributed by atoms with Crippen LogP contribution in [0.2, 0.25) is 0 Å². The van der Waals surface area contributed by atoms with Gasteiger partial charge in [-0.2, -0.15) is 0 Å². The zero-order chi connectivity index (χ0) is 14.7. The number of rotatable bonds is 2. The number of hydrogen-bond donors (Lipinski definition) is 0. The van der Waals surface area contributed by atoms with Gasteiger partial charge in [0.05, 0.1) is 19.8 Å². The summed E-state index contributed by atoms with van der Waals surface area (Å²) in [6.07, 6.45) is -0.439. The summed E-state index contributed by atoms with van der Waals surface area (Å²) in [6.45, 7) is 9.88. The minimum absolute atomic E-state index is 0.140. The molecule has 0 radical (unpaired) electrons. The Bertz CT molecular complexity index is 349. The van der Waals surface area contributed by atoms with Crippen molar-refractivity contribution in [3.8, 4) is 0 Å². The number of carbonyl (C=O) groups is 2. The van der Waals surface area contributed by atoms with Gasteiger partial charge in [0.1, 0.15) is 5.60 Å². The van der Waals surface area contributed by atoms with E-state index in [0.29, 0.717) is 6.54 Å². The lowest BCUT2D eigenvalue weighted by molar-refractivity contribution is -0.179. The molecular weight excluding hydrogens is 250 g/mol. The third-order valence-electron chi connectivity index (χ3n) is 2.63. The Kier molecular flexibility index (Phi) is 4.79. The Morgan fingerprint density at radius 3 is 2.53 bits per heavy atom. The van der Waals surface area contributed by atoms with Crippen molar-refractivity contribution in [3.05, 3.63) is 0 Å². The van der Waals surface area contributed by atoms with E-state index in [4.69, 9.17) is 14.2 Å². The van der Waals surface area contributed by atoms with Crippen molar-refractivity contribution < 1.29 is 23.8 Å². The van der Waals surface area contributed by atoms with E-state index in [2.05, 4.69) is 0 Å². The molecule has 6 nitrogen and oxygen atoms in total. The molecule has 19 heavy (non-hydrogen) atoms. The van der Waals surface area contributed by atoms with E-state index in [1.54, 1.807) is 34.6 Å². The van der Waals surface area contributed by atoms with Crippen LogP contribution in [0.3, 0.4) is 0 Å². The highest BCUT2D eigenvalue weighted by Gasteiger charge is 2.43. The topological polar surface area (TPSA) is 65.1 Å². The van der Waals surface area contributed by atoms with Gasteiger partial charge in [0.25, 0.3) is 0 Å². The van der Waals surface area contributed by atoms with Crippen LogP contribution in [0, 0.1) is 0 Å². The Balaban J connectivity index is 2.68. The van der Waals surface area contributed by atoms with Gasteiger partial charge in [-0.05, 0) is 34.6 Å². The summed E-state index contributed by atoms with van der Waals surface area (Å²) in [5, 5.41) is 0. The molecular formula is C13H23NO5. The molecule has 1 aliphatic rings. The molecule has 1 amide bonds. The molecule has 0 aliphatic carbocycles. The average molecular weight is 273 g/mol. The Morgan fingerprint density at radius 2 is 2.00 bits per heavy atom. The second-order valence-corrected chi connectivity index (χ2v) is 5.70. The predicted molar refractivity (Wildman–Crippen MR) is 68.8 cm³/mol. The van der Waals surface area contributed by atoms with Crippen LogP contribution in [0.5, 0.6) is 0 Å². The molecule has 1 unspecified atom stereocenters. The second-order valence-electron chi connectivity index (χ2n) is 5.70. The highest BCUT2D eigenvalue weighted by Crippen LogP contribution is 2.21. The summed E-state index contributed by atoms with van der Waals surface area (Å²) >= 11 is 0. The minimum Gasteiger partial charge on any atom is -0.464 e. The second kappa shape index (κ2) is 5.77. The van der Waals surface area contributed by atoms with Crippen LogP contribution in [0.25, 0.3) is 0 Å². The molecule has 0 bridgehead atoms. The number of esters is 1. The molecule has 1 atom stereocenters. The van der Waals surface area contributed by atoms with Crippen LogP contribution in [0.1, 0.15) is 34.6 Å². The van der Waals surface area contributed by atoms with Crippen LogP contribution < -0.4 is 0 Å². The standard InChI is InChI=1S/C13H23NO5/c1-6-17-10(15)13(5)9-14(7-8-18-13)11(16)19-12(2,3)4/h6-9H2,1-5H3. The fourth-order valence-corrected chi connectivity index (χ4v) is 1.76. The first-order valence-electron chi connectivity index (χ1n) is 6.47. The third kappa shape index (κ3) is 4.38. The maximum atomic E-state index is 12.0. The monoisotopic (exact) mass is 273 g/mol. The Morgan fingerprint density at radius 1 is 1.37 bits per heavy atom. The molecule has 0 saturated carbocycles. The first-order valence-corrected chi connectivity index (χ1v) is 6.47. The SMILES string of the molecule is CCOC(=O)C1(C)CN(C(=O)OC(C)(C)C)CCO1. The van der Waals surface area contributed by atoms with Crippen molar-refractivity contribution in [2.45, 2.75) is 45.8 Å². The number of ether oxygens (including phenoxy) is 3. The van der Waals surface area contributed by atoms with Gasteiger partial charge in [0.2, 0.25) is 0 Å². The molecule has 0 aromatic carbocycles. The average Bonchev–Trinajstić information content (AvgIpc) is 2.27. The van der Waals surface area contributed by atoms with Crippen LogP contribution in [0.4, 0.5) is 4.79 Å². The molecule has 110 valence electrons. The number of nitrogens with zero attached hydrogens (tertiary/aromatic N) is 1. The van der Waals surface area contributed by atoms with E-state index >= 15 is 0 Å². The van der Waals surface area contributed by atoms with Gasteiger partial charge in [0, 0.05) is 6.54 Å². The number of carbonyl (C=O) groups excluding carboxylic acids is 2. The van der Waals surface area contributed by atoms with Crippen molar-refractivity contribution in [2.24, 2.45) is 0 Å². The maximum absolute atomic E-state index is 12.0. The third-order valence-corrected chi connectivity index (χ3v) is 2.63. The fourth-order valence-electron chi connectivity index (χ4n) is 1.76. The number of morpholine rings is 1. The van der Waals surface area contributed by atoms with Crippen molar-refractivity contribution in [1.82, 2.24) is 4.90 Å². The van der Waals surface area contributed by atoms with Crippen LogP contribution >= 0.6 is 0 Å². The van der Waals surface area contributed by atoms with E-state index in [9.17, 15) is 9.59 Å².